The first kappa shape index (κ1) is 23.6. The van der Waals surface area contributed by atoms with Gasteiger partial charge in [-0.1, -0.05) is 48.5 Å². The minimum Gasteiger partial charge on any atom is -0.480 e. The van der Waals surface area contributed by atoms with E-state index in [-0.39, 0.29) is 19.1 Å². The molecule has 8 heteroatoms. The number of aliphatic carboxylic acids is 1. The van der Waals surface area contributed by atoms with E-state index < -0.39 is 35.8 Å². The van der Waals surface area contributed by atoms with E-state index in [2.05, 4.69) is 5.32 Å². The summed E-state index contributed by atoms with van der Waals surface area (Å²) >= 11 is 0. The van der Waals surface area contributed by atoms with Crippen molar-refractivity contribution in [2.24, 2.45) is 0 Å². The largest absolute Gasteiger partial charge is 0.480 e. The molecule has 2 aromatic rings. The van der Waals surface area contributed by atoms with E-state index in [0.29, 0.717) is 12.8 Å². The van der Waals surface area contributed by atoms with Crippen LogP contribution in [0.3, 0.4) is 0 Å². The van der Waals surface area contributed by atoms with Gasteiger partial charge in [-0.3, -0.25) is 4.90 Å². The minimum atomic E-state index is -1.24. The zero-order valence-electron chi connectivity index (χ0n) is 19.6. The van der Waals surface area contributed by atoms with Crippen LogP contribution in [0, 0.1) is 0 Å². The van der Waals surface area contributed by atoms with Gasteiger partial charge in [-0.25, -0.2) is 14.4 Å². The molecule has 180 valence electrons. The maximum atomic E-state index is 13.1. The third kappa shape index (κ3) is 4.85. The monoisotopic (exact) mass is 466 g/mol. The van der Waals surface area contributed by atoms with E-state index in [9.17, 15) is 19.5 Å². The van der Waals surface area contributed by atoms with Crippen LogP contribution in [-0.4, -0.2) is 59.0 Å². The van der Waals surface area contributed by atoms with Crippen LogP contribution in [0.15, 0.2) is 48.5 Å². The SMILES string of the molecule is CC(C)(C)OC(=O)N[C@@H]1CCCN(C(=O)OCC2c3ccccc3-c3ccccc32)[C@@H]1C(=O)O. The lowest BCUT2D eigenvalue weighted by Gasteiger charge is -2.38. The second-order valence-corrected chi connectivity index (χ2v) is 9.68. The summed E-state index contributed by atoms with van der Waals surface area (Å²) in [4.78, 5) is 38.6. The Labute approximate surface area is 198 Å². The van der Waals surface area contributed by atoms with Gasteiger partial charge in [-0.05, 0) is 55.9 Å². The summed E-state index contributed by atoms with van der Waals surface area (Å²) in [5.74, 6) is -1.32. The van der Waals surface area contributed by atoms with E-state index >= 15 is 0 Å². The summed E-state index contributed by atoms with van der Waals surface area (Å²) in [6.07, 6.45) is -0.458. The maximum absolute atomic E-state index is 13.1. The van der Waals surface area contributed by atoms with Gasteiger partial charge in [-0.2, -0.15) is 0 Å². The number of carboxylic acid groups (broad SMARTS) is 1. The van der Waals surface area contributed by atoms with Gasteiger partial charge in [0.25, 0.3) is 0 Å². The Bertz CT molecular complexity index is 1050. The van der Waals surface area contributed by atoms with Gasteiger partial charge in [0.1, 0.15) is 12.2 Å². The van der Waals surface area contributed by atoms with E-state index in [0.717, 1.165) is 22.3 Å². The van der Waals surface area contributed by atoms with Crippen molar-refractivity contribution in [2.75, 3.05) is 13.2 Å². The number of ether oxygens (including phenoxy) is 2. The molecule has 1 fully saturated rings. The molecule has 34 heavy (non-hydrogen) atoms. The molecule has 0 aromatic heterocycles. The first-order chi connectivity index (χ1) is 16.2. The van der Waals surface area contributed by atoms with Gasteiger partial charge in [0.05, 0.1) is 6.04 Å². The summed E-state index contributed by atoms with van der Waals surface area (Å²) < 4.78 is 10.9. The predicted octanol–water partition coefficient (Wildman–Crippen LogP) is 4.38. The molecule has 0 bridgehead atoms. The predicted molar refractivity (Wildman–Crippen MR) is 126 cm³/mol. The van der Waals surface area contributed by atoms with Crippen molar-refractivity contribution in [3.63, 3.8) is 0 Å². The Kier molecular flexibility index (Phi) is 6.50. The molecule has 1 aliphatic carbocycles. The first-order valence-corrected chi connectivity index (χ1v) is 11.5. The summed E-state index contributed by atoms with van der Waals surface area (Å²) in [7, 11) is 0. The fourth-order valence-electron chi connectivity index (χ4n) is 4.79. The van der Waals surface area contributed by atoms with Crippen molar-refractivity contribution in [3.05, 3.63) is 59.7 Å². The molecule has 1 saturated heterocycles. The first-order valence-electron chi connectivity index (χ1n) is 11.5. The van der Waals surface area contributed by atoms with Crippen LogP contribution in [0.25, 0.3) is 11.1 Å². The van der Waals surface area contributed by atoms with Gasteiger partial charge in [0, 0.05) is 12.5 Å². The van der Waals surface area contributed by atoms with Gasteiger partial charge in [0.15, 0.2) is 6.04 Å². The molecule has 2 aliphatic rings. The zero-order valence-corrected chi connectivity index (χ0v) is 19.6. The third-order valence-electron chi connectivity index (χ3n) is 6.16. The summed E-state index contributed by atoms with van der Waals surface area (Å²) in [5.41, 5.74) is 3.66. The van der Waals surface area contributed by atoms with E-state index in [1.807, 2.05) is 48.5 Å². The van der Waals surface area contributed by atoms with Crippen LogP contribution in [0.1, 0.15) is 50.7 Å². The normalized spacial score (nSPS) is 19.7. The number of carboxylic acids is 1. The molecule has 0 radical (unpaired) electrons. The highest BCUT2D eigenvalue weighted by Gasteiger charge is 2.42. The van der Waals surface area contributed by atoms with Crippen molar-refractivity contribution in [1.29, 1.82) is 0 Å². The molecule has 0 spiro atoms. The van der Waals surface area contributed by atoms with E-state index in [1.54, 1.807) is 20.8 Å². The van der Waals surface area contributed by atoms with Gasteiger partial charge < -0.3 is 19.9 Å². The van der Waals surface area contributed by atoms with Crippen molar-refractivity contribution in [3.8, 4) is 11.1 Å². The average molecular weight is 467 g/mol. The van der Waals surface area contributed by atoms with E-state index in [1.165, 1.54) is 4.90 Å². The molecule has 0 saturated carbocycles. The molecule has 1 heterocycles. The van der Waals surface area contributed by atoms with Crippen molar-refractivity contribution < 1.29 is 29.0 Å². The number of nitrogens with zero attached hydrogens (tertiary/aromatic N) is 1. The topological polar surface area (TPSA) is 105 Å². The van der Waals surface area contributed by atoms with Crippen LogP contribution in [0.2, 0.25) is 0 Å². The lowest BCUT2D eigenvalue weighted by atomic mass is 9.96. The van der Waals surface area contributed by atoms with Crippen LogP contribution < -0.4 is 5.32 Å². The minimum absolute atomic E-state index is 0.0971. The quantitative estimate of drug-likeness (QED) is 0.693. The molecule has 1 aliphatic heterocycles. The molecule has 2 amide bonds. The van der Waals surface area contributed by atoms with Crippen molar-refractivity contribution >= 4 is 18.2 Å². The number of fused-ring (bicyclic) bond motifs is 3. The van der Waals surface area contributed by atoms with Gasteiger partial charge in [0.2, 0.25) is 0 Å². The lowest BCUT2D eigenvalue weighted by Crippen LogP contribution is -2.60. The molecular weight excluding hydrogens is 436 g/mol. The number of amides is 2. The zero-order chi connectivity index (χ0) is 24.5. The molecule has 8 nitrogen and oxygen atoms in total. The number of hydrogen-bond acceptors (Lipinski definition) is 5. The van der Waals surface area contributed by atoms with Crippen LogP contribution in [0.4, 0.5) is 9.59 Å². The lowest BCUT2D eigenvalue weighted by molar-refractivity contribution is -0.145. The molecule has 2 N–H and O–H groups in total. The average Bonchev–Trinajstić information content (AvgIpc) is 3.09. The molecular formula is C26H30N2O6. The standard InChI is InChI=1S/C26H30N2O6/c1-26(2,3)34-24(31)27-21-13-8-14-28(22(21)23(29)30)25(32)33-15-20-18-11-6-4-9-16(18)17-10-5-7-12-19(17)20/h4-7,9-12,20-22H,8,13-15H2,1-3H3,(H,27,31)(H,29,30)/t21-,22+/m1/s1. The Morgan fingerprint density at radius 1 is 1.03 bits per heavy atom. The number of rotatable bonds is 4. The summed E-state index contributed by atoms with van der Waals surface area (Å²) in [6.45, 7) is 5.52. The highest BCUT2D eigenvalue weighted by atomic mass is 16.6. The molecule has 0 unspecified atom stereocenters. The fraction of sp³-hybridized carbons (Fsp3) is 0.423. The van der Waals surface area contributed by atoms with Crippen molar-refractivity contribution in [1.82, 2.24) is 10.2 Å². The molecule has 2 atom stereocenters. The highest BCUT2D eigenvalue weighted by Crippen LogP contribution is 2.44. The number of nitrogens with one attached hydrogen (secondary N) is 1. The van der Waals surface area contributed by atoms with Crippen LogP contribution in [0.5, 0.6) is 0 Å². The number of carbonyl (C=O) groups excluding carboxylic acids is 2. The van der Waals surface area contributed by atoms with Crippen LogP contribution >= 0.6 is 0 Å². The highest BCUT2D eigenvalue weighted by molar-refractivity contribution is 5.83. The number of likely N-dealkylation sites (tertiary alicyclic amines) is 1. The van der Waals surface area contributed by atoms with Crippen LogP contribution in [-0.2, 0) is 14.3 Å². The van der Waals surface area contributed by atoms with E-state index in [4.69, 9.17) is 9.47 Å². The number of benzene rings is 2. The van der Waals surface area contributed by atoms with Crippen molar-refractivity contribution in [2.45, 2.75) is 57.2 Å². The summed E-state index contributed by atoms with van der Waals surface area (Å²) in [6, 6.07) is 14.0. The smallest absolute Gasteiger partial charge is 0.410 e. The number of piperidine rings is 1. The fourth-order valence-corrected chi connectivity index (χ4v) is 4.79. The van der Waals surface area contributed by atoms with Gasteiger partial charge >= 0.3 is 18.2 Å². The van der Waals surface area contributed by atoms with Gasteiger partial charge in [-0.15, -0.1) is 0 Å². The Balaban J connectivity index is 1.47. The molecule has 2 aromatic carbocycles. The number of carbonyl (C=O) groups is 3. The third-order valence-corrected chi connectivity index (χ3v) is 6.16. The maximum Gasteiger partial charge on any atom is 0.410 e. The second-order valence-electron chi connectivity index (χ2n) is 9.68. The Hall–Kier alpha value is -3.55. The Morgan fingerprint density at radius 2 is 1.62 bits per heavy atom. The number of alkyl carbamates (subject to hydrolysis) is 1. The Morgan fingerprint density at radius 3 is 2.18 bits per heavy atom. The number of hydrogen-bond donors (Lipinski definition) is 2. The summed E-state index contributed by atoms with van der Waals surface area (Å²) in [5, 5.41) is 12.5. The molecule has 4 rings (SSSR count). The second kappa shape index (κ2) is 9.37.